The maximum absolute atomic E-state index is 12.4. The number of hydrogen-bond donors (Lipinski definition) is 1. The molecular formula is C22H31N3O3. The Kier molecular flexibility index (Phi) is 6.89. The molecule has 1 N–H and O–H groups in total. The van der Waals surface area contributed by atoms with E-state index in [4.69, 9.17) is 9.47 Å². The summed E-state index contributed by atoms with van der Waals surface area (Å²) in [7, 11) is 1.60. The van der Waals surface area contributed by atoms with Gasteiger partial charge < -0.3 is 14.8 Å². The number of methoxy groups -OCH3 is 1. The fourth-order valence-corrected chi connectivity index (χ4v) is 2.60. The topological polar surface area (TPSA) is 65.4 Å². The van der Waals surface area contributed by atoms with E-state index < -0.39 is 0 Å². The molecule has 0 aliphatic carbocycles. The lowest BCUT2D eigenvalue weighted by Gasteiger charge is -2.22. The summed E-state index contributed by atoms with van der Waals surface area (Å²) < 4.78 is 13.0. The average molecular weight is 386 g/mol. The molecule has 0 unspecified atom stereocenters. The van der Waals surface area contributed by atoms with Gasteiger partial charge in [-0.25, -0.2) is 4.68 Å². The lowest BCUT2D eigenvalue weighted by Crippen LogP contribution is -2.26. The monoisotopic (exact) mass is 385 g/mol. The van der Waals surface area contributed by atoms with E-state index in [1.807, 2.05) is 56.6 Å². The summed E-state index contributed by atoms with van der Waals surface area (Å²) in [6.07, 6.45) is 3.24. The van der Waals surface area contributed by atoms with Crippen molar-refractivity contribution in [1.29, 1.82) is 0 Å². The van der Waals surface area contributed by atoms with Gasteiger partial charge in [-0.1, -0.05) is 19.9 Å². The molecule has 1 aromatic carbocycles. The Balaban J connectivity index is 2.10. The molecule has 152 valence electrons. The molecule has 2 aromatic rings. The number of nitrogens with zero attached hydrogens (tertiary/aromatic N) is 2. The first-order chi connectivity index (χ1) is 13.1. The number of ether oxygens (including phenoxy) is 2. The van der Waals surface area contributed by atoms with Crippen LogP contribution in [0.25, 0.3) is 6.08 Å². The van der Waals surface area contributed by atoms with E-state index in [0.717, 1.165) is 11.3 Å². The number of benzene rings is 1. The van der Waals surface area contributed by atoms with Crippen LogP contribution >= 0.6 is 0 Å². The molecule has 0 atom stereocenters. The van der Waals surface area contributed by atoms with Crippen molar-refractivity contribution in [2.45, 2.75) is 47.1 Å². The van der Waals surface area contributed by atoms with Gasteiger partial charge in [0.15, 0.2) is 11.5 Å². The Hall–Kier alpha value is -2.76. The quantitative estimate of drug-likeness (QED) is 0.705. The van der Waals surface area contributed by atoms with Gasteiger partial charge in [0.25, 0.3) is 0 Å². The smallest absolute Gasteiger partial charge is 0.249 e. The van der Waals surface area contributed by atoms with E-state index in [0.29, 0.717) is 29.8 Å². The number of rotatable bonds is 7. The standard InChI is InChI=1S/C22H31N3O3/c1-15(2)14-28-18-10-8-17(13-19(18)27-7)9-11-21(26)23-20-12-16(3)24-25(20)22(4,5)6/h8-13,15H,14H2,1-7H3,(H,23,26)/b11-9+. The van der Waals surface area contributed by atoms with E-state index in [1.54, 1.807) is 13.2 Å². The SMILES string of the molecule is COc1cc(/C=C/C(=O)Nc2cc(C)nn2C(C)(C)C)ccc1OCC(C)C. The van der Waals surface area contributed by atoms with Gasteiger partial charge in [0.1, 0.15) is 5.82 Å². The molecule has 1 heterocycles. The normalized spacial score (nSPS) is 11.9. The molecule has 0 fully saturated rings. The molecule has 2 rings (SSSR count). The van der Waals surface area contributed by atoms with Crippen molar-refractivity contribution < 1.29 is 14.3 Å². The molecule has 0 spiro atoms. The molecule has 6 nitrogen and oxygen atoms in total. The first kappa shape index (κ1) is 21.5. The van der Waals surface area contributed by atoms with Crippen molar-refractivity contribution in [3.8, 4) is 11.5 Å². The third kappa shape index (κ3) is 5.87. The van der Waals surface area contributed by atoms with E-state index in [-0.39, 0.29) is 11.4 Å². The van der Waals surface area contributed by atoms with Crippen molar-refractivity contribution in [1.82, 2.24) is 9.78 Å². The fourth-order valence-electron chi connectivity index (χ4n) is 2.60. The van der Waals surface area contributed by atoms with E-state index in [2.05, 4.69) is 24.3 Å². The second-order valence-corrected chi connectivity index (χ2v) is 8.19. The van der Waals surface area contributed by atoms with Crippen LogP contribution in [0.1, 0.15) is 45.9 Å². The molecule has 0 aliphatic rings. The first-order valence-electron chi connectivity index (χ1n) is 9.47. The molecule has 1 amide bonds. The van der Waals surface area contributed by atoms with Crippen molar-refractivity contribution >= 4 is 17.8 Å². The zero-order chi connectivity index (χ0) is 20.9. The van der Waals surface area contributed by atoms with Crippen LogP contribution in [0.2, 0.25) is 0 Å². The first-order valence-corrected chi connectivity index (χ1v) is 9.47. The van der Waals surface area contributed by atoms with Gasteiger partial charge >= 0.3 is 0 Å². The second kappa shape index (κ2) is 8.95. The van der Waals surface area contributed by atoms with Gasteiger partial charge in [-0.15, -0.1) is 0 Å². The lowest BCUT2D eigenvalue weighted by molar-refractivity contribution is -0.111. The minimum Gasteiger partial charge on any atom is -0.493 e. The van der Waals surface area contributed by atoms with Gasteiger partial charge in [-0.2, -0.15) is 5.10 Å². The summed E-state index contributed by atoms with van der Waals surface area (Å²) in [4.78, 5) is 12.4. The highest BCUT2D eigenvalue weighted by Gasteiger charge is 2.19. The average Bonchev–Trinajstić information content (AvgIpc) is 2.98. The molecule has 0 saturated carbocycles. The van der Waals surface area contributed by atoms with Crippen LogP contribution in [0.5, 0.6) is 11.5 Å². The molecular weight excluding hydrogens is 354 g/mol. The van der Waals surface area contributed by atoms with Gasteiger partial charge in [-0.3, -0.25) is 4.79 Å². The summed E-state index contributed by atoms with van der Waals surface area (Å²) in [5.41, 5.74) is 1.49. The molecule has 0 aliphatic heterocycles. The summed E-state index contributed by atoms with van der Waals surface area (Å²) in [6, 6.07) is 7.46. The molecule has 28 heavy (non-hydrogen) atoms. The zero-order valence-corrected chi connectivity index (χ0v) is 17.9. The molecule has 0 bridgehead atoms. The number of carbonyl (C=O) groups excluding carboxylic acids is 1. The highest BCUT2D eigenvalue weighted by atomic mass is 16.5. The molecule has 1 aromatic heterocycles. The van der Waals surface area contributed by atoms with Crippen LogP contribution in [0, 0.1) is 12.8 Å². The second-order valence-electron chi connectivity index (χ2n) is 8.19. The number of hydrogen-bond acceptors (Lipinski definition) is 4. The number of amides is 1. The van der Waals surface area contributed by atoms with Crippen LogP contribution in [0.15, 0.2) is 30.3 Å². The Labute approximate surface area is 167 Å². The van der Waals surface area contributed by atoms with Gasteiger partial charge in [0.05, 0.1) is 24.9 Å². The fraction of sp³-hybridized carbons (Fsp3) is 0.455. The van der Waals surface area contributed by atoms with Crippen LogP contribution in [-0.2, 0) is 10.3 Å². The van der Waals surface area contributed by atoms with Gasteiger partial charge in [-0.05, 0) is 57.4 Å². The predicted octanol–water partition coefficient (Wildman–Crippen LogP) is 4.64. The molecule has 0 saturated heterocycles. The number of carbonyl (C=O) groups is 1. The minimum atomic E-state index is -0.222. The van der Waals surface area contributed by atoms with Crippen molar-refractivity contribution in [3.63, 3.8) is 0 Å². The summed E-state index contributed by atoms with van der Waals surface area (Å²) >= 11 is 0. The van der Waals surface area contributed by atoms with E-state index in [9.17, 15) is 4.79 Å². The van der Waals surface area contributed by atoms with Crippen LogP contribution < -0.4 is 14.8 Å². The van der Waals surface area contributed by atoms with Gasteiger partial charge in [0, 0.05) is 12.1 Å². The van der Waals surface area contributed by atoms with Crippen LogP contribution in [-0.4, -0.2) is 29.4 Å². The largest absolute Gasteiger partial charge is 0.493 e. The van der Waals surface area contributed by atoms with Crippen LogP contribution in [0.3, 0.4) is 0 Å². The zero-order valence-electron chi connectivity index (χ0n) is 17.9. The van der Waals surface area contributed by atoms with E-state index in [1.165, 1.54) is 6.08 Å². The third-order valence-electron chi connectivity index (χ3n) is 3.91. The number of aryl methyl sites for hydroxylation is 1. The third-order valence-corrected chi connectivity index (χ3v) is 3.91. The van der Waals surface area contributed by atoms with Crippen LogP contribution in [0.4, 0.5) is 5.82 Å². The lowest BCUT2D eigenvalue weighted by atomic mass is 10.1. The van der Waals surface area contributed by atoms with Crippen molar-refractivity contribution in [3.05, 3.63) is 41.6 Å². The number of nitrogens with one attached hydrogen (secondary N) is 1. The van der Waals surface area contributed by atoms with Crippen molar-refractivity contribution in [2.75, 3.05) is 19.0 Å². The predicted molar refractivity (Wildman–Crippen MR) is 113 cm³/mol. The number of anilines is 1. The highest BCUT2D eigenvalue weighted by Crippen LogP contribution is 2.29. The molecule has 6 heteroatoms. The van der Waals surface area contributed by atoms with Crippen molar-refractivity contribution in [2.24, 2.45) is 5.92 Å². The molecule has 0 radical (unpaired) electrons. The summed E-state index contributed by atoms with van der Waals surface area (Å²) in [5.74, 6) is 2.23. The summed E-state index contributed by atoms with van der Waals surface area (Å²) in [5, 5.41) is 7.36. The Bertz CT molecular complexity index is 845. The summed E-state index contributed by atoms with van der Waals surface area (Å²) in [6.45, 7) is 12.8. The van der Waals surface area contributed by atoms with Gasteiger partial charge in [0.2, 0.25) is 5.91 Å². The maximum atomic E-state index is 12.4. The minimum absolute atomic E-state index is 0.218. The Morgan fingerprint density at radius 2 is 1.96 bits per heavy atom. The highest BCUT2D eigenvalue weighted by molar-refractivity contribution is 6.01. The Morgan fingerprint density at radius 3 is 2.57 bits per heavy atom. The Morgan fingerprint density at radius 1 is 1.25 bits per heavy atom. The number of aromatic nitrogens is 2. The van der Waals surface area contributed by atoms with E-state index >= 15 is 0 Å². The maximum Gasteiger partial charge on any atom is 0.249 e.